The Bertz CT molecular complexity index is 1180. The van der Waals surface area contributed by atoms with Crippen LogP contribution in [0.25, 0.3) is 44.7 Å². The van der Waals surface area contributed by atoms with Gasteiger partial charge in [0, 0.05) is 16.5 Å². The van der Waals surface area contributed by atoms with Gasteiger partial charge in [-0.1, -0.05) is 24.3 Å². The minimum absolute atomic E-state index is 0.153. The van der Waals surface area contributed by atoms with Crippen LogP contribution in [0.5, 0.6) is 11.5 Å². The maximum Gasteiger partial charge on any atom is 0.332 e. The van der Waals surface area contributed by atoms with E-state index in [1.807, 2.05) is 36.4 Å². The van der Waals surface area contributed by atoms with Crippen molar-refractivity contribution in [2.45, 2.75) is 0 Å². The molecule has 0 unspecified atom stereocenters. The van der Waals surface area contributed by atoms with E-state index in [1.165, 1.54) is 0 Å². The third-order valence-corrected chi connectivity index (χ3v) is 5.08. The first-order valence-electron chi connectivity index (χ1n) is 8.24. The molecule has 6 heteroatoms. The molecule has 0 radical (unpaired) electrons. The van der Waals surface area contributed by atoms with Crippen LogP contribution in [0.3, 0.4) is 0 Å². The fourth-order valence-electron chi connectivity index (χ4n) is 3.98. The molecular weight excluding hydrogens is 332 g/mol. The second kappa shape index (κ2) is 4.49. The highest BCUT2D eigenvalue weighted by atomic mass is 16.7. The fourth-order valence-corrected chi connectivity index (χ4v) is 3.98. The first kappa shape index (κ1) is 13.6. The third-order valence-electron chi connectivity index (χ3n) is 5.08. The molecule has 1 N–H and O–H groups in total. The SMILES string of the molecule is [O-][n+]1c2c(n(O)c1-c1ccc3c(c1)OCO3)-c1cccc3cccc-2c13. The fraction of sp³-hybridized carbons (Fsp3) is 0.0500. The highest BCUT2D eigenvalue weighted by molar-refractivity contribution is 6.13. The molecule has 0 fully saturated rings. The molecule has 2 aliphatic rings. The normalized spacial score (nSPS) is 13.4. The molecule has 6 rings (SSSR count). The van der Waals surface area contributed by atoms with Gasteiger partial charge >= 0.3 is 5.82 Å². The molecule has 126 valence electrons. The molecule has 0 amide bonds. The summed E-state index contributed by atoms with van der Waals surface area (Å²) in [6.45, 7) is 0.155. The van der Waals surface area contributed by atoms with E-state index in [4.69, 9.17) is 9.47 Å². The first-order chi connectivity index (χ1) is 12.7. The van der Waals surface area contributed by atoms with E-state index >= 15 is 0 Å². The maximum atomic E-state index is 13.2. The van der Waals surface area contributed by atoms with E-state index in [1.54, 1.807) is 18.2 Å². The Balaban J connectivity index is 1.66. The van der Waals surface area contributed by atoms with Crippen molar-refractivity contribution in [3.8, 4) is 45.4 Å². The molecule has 0 atom stereocenters. The number of ether oxygens (including phenoxy) is 2. The lowest BCUT2D eigenvalue weighted by Crippen LogP contribution is -2.29. The van der Waals surface area contributed by atoms with Crippen LogP contribution in [0, 0.1) is 5.21 Å². The summed E-state index contributed by atoms with van der Waals surface area (Å²) in [5.74, 6) is 1.34. The maximum absolute atomic E-state index is 13.2. The number of aromatic nitrogens is 2. The van der Waals surface area contributed by atoms with E-state index in [0.717, 1.165) is 31.4 Å². The number of hydrogen-bond donors (Lipinski definition) is 1. The second-order valence-electron chi connectivity index (χ2n) is 6.40. The summed E-state index contributed by atoms with van der Waals surface area (Å²) < 4.78 is 12.5. The van der Waals surface area contributed by atoms with Crippen LogP contribution in [0.4, 0.5) is 0 Å². The molecule has 2 heterocycles. The molecule has 0 saturated heterocycles. The molecule has 0 saturated carbocycles. The van der Waals surface area contributed by atoms with Gasteiger partial charge in [-0.05, 0) is 40.4 Å². The van der Waals surface area contributed by atoms with E-state index in [-0.39, 0.29) is 12.6 Å². The van der Waals surface area contributed by atoms with Gasteiger partial charge in [-0.2, -0.15) is 0 Å². The molecule has 3 aromatic carbocycles. The Kier molecular flexibility index (Phi) is 2.35. The molecular formula is C20H12N2O4. The summed E-state index contributed by atoms with van der Waals surface area (Å²) in [6.07, 6.45) is 0. The molecule has 6 nitrogen and oxygen atoms in total. The van der Waals surface area contributed by atoms with Gasteiger partial charge in [-0.25, -0.2) is 4.73 Å². The van der Waals surface area contributed by atoms with E-state index < -0.39 is 0 Å². The molecule has 1 aliphatic carbocycles. The summed E-state index contributed by atoms with van der Waals surface area (Å²) in [7, 11) is 0. The smallest absolute Gasteiger partial charge is 0.332 e. The van der Waals surface area contributed by atoms with Gasteiger partial charge < -0.3 is 19.9 Å². The van der Waals surface area contributed by atoms with Crippen molar-refractivity contribution in [3.05, 3.63) is 59.8 Å². The lowest BCUT2D eigenvalue weighted by Gasteiger charge is -2.08. The first-order valence-corrected chi connectivity index (χ1v) is 8.24. The van der Waals surface area contributed by atoms with Gasteiger partial charge in [0.15, 0.2) is 17.2 Å². The van der Waals surface area contributed by atoms with Crippen molar-refractivity contribution in [1.82, 2.24) is 4.73 Å². The van der Waals surface area contributed by atoms with Crippen molar-refractivity contribution in [2.75, 3.05) is 6.79 Å². The number of benzene rings is 3. The number of hydrogen-bond acceptors (Lipinski definition) is 4. The highest BCUT2D eigenvalue weighted by Gasteiger charge is 2.38. The Morgan fingerprint density at radius 2 is 1.73 bits per heavy atom. The van der Waals surface area contributed by atoms with Crippen molar-refractivity contribution in [3.63, 3.8) is 0 Å². The zero-order valence-corrected chi connectivity index (χ0v) is 13.5. The van der Waals surface area contributed by atoms with Crippen LogP contribution < -0.4 is 14.2 Å². The predicted molar refractivity (Wildman–Crippen MR) is 94.1 cm³/mol. The molecule has 4 aromatic rings. The summed E-state index contributed by atoms with van der Waals surface area (Å²) in [6, 6.07) is 16.9. The van der Waals surface area contributed by atoms with Gasteiger partial charge in [-0.15, -0.1) is 0 Å². The Morgan fingerprint density at radius 3 is 2.58 bits per heavy atom. The number of imidazole rings is 1. The molecule has 0 spiro atoms. The van der Waals surface area contributed by atoms with Gasteiger partial charge in [-0.3, -0.25) is 0 Å². The topological polar surface area (TPSA) is 70.6 Å². The minimum Gasteiger partial charge on any atom is -0.710 e. The standard InChI is InChI=1S/C20H12N2O4/c23-21-18-13-5-1-3-11-4-2-6-14(17(11)13)19(18)22(24)20(21)12-7-8-15-16(9-12)26-10-25-15/h1-9,23H,10H2. The van der Waals surface area contributed by atoms with Crippen LogP contribution in [-0.4, -0.2) is 16.7 Å². The zero-order chi connectivity index (χ0) is 17.4. The quantitative estimate of drug-likeness (QED) is 0.287. The van der Waals surface area contributed by atoms with Gasteiger partial charge in [0.1, 0.15) is 0 Å². The van der Waals surface area contributed by atoms with Crippen molar-refractivity contribution in [2.24, 2.45) is 0 Å². The van der Waals surface area contributed by atoms with Gasteiger partial charge in [0.05, 0.1) is 5.56 Å². The lowest BCUT2D eigenvalue weighted by molar-refractivity contribution is -0.582. The Labute approximate surface area is 147 Å². The minimum atomic E-state index is 0.153. The van der Waals surface area contributed by atoms with Crippen molar-refractivity contribution < 1.29 is 19.4 Å². The highest BCUT2D eigenvalue weighted by Crippen LogP contribution is 2.47. The van der Waals surface area contributed by atoms with Crippen molar-refractivity contribution >= 4 is 10.8 Å². The Morgan fingerprint density at radius 1 is 0.962 bits per heavy atom. The lowest BCUT2D eigenvalue weighted by atomic mass is 10.0. The summed E-state index contributed by atoms with van der Waals surface area (Å²) in [5, 5.41) is 26.1. The number of rotatable bonds is 1. The van der Waals surface area contributed by atoms with Crippen molar-refractivity contribution in [1.29, 1.82) is 0 Å². The van der Waals surface area contributed by atoms with Crippen LogP contribution in [0.15, 0.2) is 54.6 Å². The average molecular weight is 344 g/mol. The molecule has 1 aromatic heterocycles. The largest absolute Gasteiger partial charge is 0.710 e. The predicted octanol–water partition coefficient (Wildman–Crippen LogP) is 3.56. The number of nitrogens with zero attached hydrogens (tertiary/aromatic N) is 2. The zero-order valence-electron chi connectivity index (χ0n) is 13.5. The van der Waals surface area contributed by atoms with E-state index in [2.05, 4.69) is 0 Å². The van der Waals surface area contributed by atoms with Crippen LogP contribution >= 0.6 is 0 Å². The van der Waals surface area contributed by atoms with E-state index in [9.17, 15) is 10.4 Å². The van der Waals surface area contributed by atoms with Gasteiger partial charge in [0.25, 0.3) is 0 Å². The summed E-state index contributed by atoms with van der Waals surface area (Å²) >= 11 is 0. The van der Waals surface area contributed by atoms with Gasteiger partial charge in [0.2, 0.25) is 12.5 Å². The molecule has 0 bridgehead atoms. The average Bonchev–Trinajstić information content (AvgIpc) is 3.31. The van der Waals surface area contributed by atoms with Crippen LogP contribution in [0.1, 0.15) is 0 Å². The monoisotopic (exact) mass is 344 g/mol. The van der Waals surface area contributed by atoms with Crippen LogP contribution in [0.2, 0.25) is 0 Å². The third kappa shape index (κ3) is 1.49. The summed E-state index contributed by atoms with van der Waals surface area (Å²) in [5.41, 5.74) is 3.22. The Hall–Kier alpha value is -3.67. The van der Waals surface area contributed by atoms with E-state index in [0.29, 0.717) is 28.5 Å². The van der Waals surface area contributed by atoms with Crippen LogP contribution in [-0.2, 0) is 0 Å². The molecule has 1 aliphatic heterocycles. The number of fused-ring (bicyclic) bond motifs is 4. The second-order valence-corrected chi connectivity index (χ2v) is 6.40. The molecule has 26 heavy (non-hydrogen) atoms. The summed E-state index contributed by atoms with van der Waals surface area (Å²) in [4.78, 5) is 0.